The Bertz CT molecular complexity index is 1320. The zero-order valence-electron chi connectivity index (χ0n) is 17.5. The number of hydrogen-bond donors (Lipinski definition) is 0. The largest absolute Gasteiger partial charge is 0.497 e. The fourth-order valence-electron chi connectivity index (χ4n) is 3.94. The third kappa shape index (κ3) is 3.74. The van der Waals surface area contributed by atoms with E-state index in [0.717, 1.165) is 27.7 Å². The Hall–Kier alpha value is -4.10. The van der Waals surface area contributed by atoms with E-state index >= 15 is 0 Å². The van der Waals surface area contributed by atoms with Crippen molar-refractivity contribution < 1.29 is 9.53 Å². The fourth-order valence-corrected chi connectivity index (χ4v) is 3.94. The summed E-state index contributed by atoms with van der Waals surface area (Å²) < 4.78 is 7.40. The molecule has 1 aromatic heterocycles. The molecule has 0 unspecified atom stereocenters. The molecule has 0 radical (unpaired) electrons. The molecule has 4 rings (SSSR count). The number of aromatic nitrogens is 1. The van der Waals surface area contributed by atoms with Crippen molar-refractivity contribution in [1.82, 2.24) is 4.57 Å². The minimum absolute atomic E-state index is 0.0874. The minimum Gasteiger partial charge on any atom is -0.497 e. The number of allylic oxidation sites excluding steroid dienone is 1. The van der Waals surface area contributed by atoms with Crippen LogP contribution in [0, 0.1) is 11.3 Å². The van der Waals surface area contributed by atoms with Gasteiger partial charge < -0.3 is 9.30 Å². The molecule has 4 nitrogen and oxygen atoms in total. The predicted octanol–water partition coefficient (Wildman–Crippen LogP) is 6.13. The smallest absolute Gasteiger partial charge is 0.206 e. The van der Waals surface area contributed by atoms with Gasteiger partial charge in [-0.05, 0) is 42.3 Å². The second kappa shape index (κ2) is 8.73. The highest BCUT2D eigenvalue weighted by Gasteiger charge is 2.25. The summed E-state index contributed by atoms with van der Waals surface area (Å²) in [5, 5.41) is 10.7. The molecule has 1 heterocycles. The quantitative estimate of drug-likeness (QED) is 0.220. The second-order valence-corrected chi connectivity index (χ2v) is 7.13. The highest BCUT2D eigenvalue weighted by Crippen LogP contribution is 2.35. The van der Waals surface area contributed by atoms with Gasteiger partial charge in [0.1, 0.15) is 17.4 Å². The number of Topliss-reactive ketones (excluding diaryl/α,β-unsaturated/α-hetero) is 1. The van der Waals surface area contributed by atoms with Crippen LogP contribution in [0.25, 0.3) is 28.2 Å². The molecule has 152 valence electrons. The third-order valence-electron chi connectivity index (χ3n) is 5.33. The van der Waals surface area contributed by atoms with E-state index < -0.39 is 0 Å². The molecule has 3 aromatic carbocycles. The van der Waals surface area contributed by atoms with Gasteiger partial charge in [0.05, 0.1) is 18.4 Å². The van der Waals surface area contributed by atoms with Gasteiger partial charge in [0.25, 0.3) is 0 Å². The maximum Gasteiger partial charge on any atom is 0.206 e. The molecule has 0 atom stereocenters. The molecule has 0 spiro atoms. The normalized spacial score (nSPS) is 11.3. The number of benzene rings is 3. The van der Waals surface area contributed by atoms with E-state index in [-0.39, 0.29) is 11.4 Å². The minimum atomic E-state index is -0.285. The van der Waals surface area contributed by atoms with Crippen LogP contribution in [0.15, 0.2) is 84.4 Å². The van der Waals surface area contributed by atoms with E-state index in [4.69, 9.17) is 4.74 Å². The summed E-state index contributed by atoms with van der Waals surface area (Å²) in [7, 11) is 1.59. The number of carbonyl (C=O) groups excluding carboxylic acids is 1. The summed E-state index contributed by atoms with van der Waals surface area (Å²) in [5.41, 5.74) is 4.14. The number of ketones is 1. The monoisotopic (exact) mass is 406 g/mol. The number of nitrogens with zero attached hydrogens (tertiary/aromatic N) is 2. The SMILES string of the molecule is CCn1c(-c2ccccc2)c(C(=O)/C(C#N)=C/c2cccc(OC)c2)c2ccccc21. The number of para-hydroxylation sites is 1. The van der Waals surface area contributed by atoms with Crippen molar-refractivity contribution in [3.05, 3.63) is 95.6 Å². The van der Waals surface area contributed by atoms with Crippen LogP contribution in [0.2, 0.25) is 0 Å². The molecule has 4 heteroatoms. The van der Waals surface area contributed by atoms with Crippen LogP contribution in [-0.4, -0.2) is 17.5 Å². The Morgan fingerprint density at radius 1 is 1.03 bits per heavy atom. The zero-order chi connectivity index (χ0) is 21.8. The Morgan fingerprint density at radius 3 is 2.48 bits per heavy atom. The first kappa shape index (κ1) is 20.2. The molecule has 0 saturated carbocycles. The topological polar surface area (TPSA) is 55.0 Å². The number of ether oxygens (including phenoxy) is 1. The highest BCUT2D eigenvalue weighted by atomic mass is 16.5. The van der Waals surface area contributed by atoms with Gasteiger partial charge in [-0.25, -0.2) is 0 Å². The van der Waals surface area contributed by atoms with Crippen molar-refractivity contribution in [2.24, 2.45) is 0 Å². The first-order valence-corrected chi connectivity index (χ1v) is 10.1. The highest BCUT2D eigenvalue weighted by molar-refractivity contribution is 6.23. The van der Waals surface area contributed by atoms with Crippen LogP contribution < -0.4 is 4.74 Å². The van der Waals surface area contributed by atoms with E-state index in [1.807, 2.05) is 72.8 Å². The van der Waals surface area contributed by atoms with E-state index in [9.17, 15) is 10.1 Å². The Balaban J connectivity index is 1.95. The molecule has 0 aliphatic rings. The molecule has 4 aromatic rings. The number of rotatable bonds is 6. The number of hydrogen-bond acceptors (Lipinski definition) is 3. The van der Waals surface area contributed by atoms with Crippen LogP contribution >= 0.6 is 0 Å². The Kier molecular flexibility index (Phi) is 5.68. The van der Waals surface area contributed by atoms with Gasteiger partial charge in [-0.3, -0.25) is 4.79 Å². The fraction of sp³-hybridized carbons (Fsp3) is 0.111. The van der Waals surface area contributed by atoms with E-state index in [1.165, 1.54) is 0 Å². The molecular weight excluding hydrogens is 384 g/mol. The summed E-state index contributed by atoms with van der Waals surface area (Å²) in [5.74, 6) is 0.388. The van der Waals surface area contributed by atoms with Gasteiger partial charge >= 0.3 is 0 Å². The van der Waals surface area contributed by atoms with Gasteiger partial charge in [0, 0.05) is 17.4 Å². The average molecular weight is 406 g/mol. The maximum atomic E-state index is 13.7. The van der Waals surface area contributed by atoms with Crippen LogP contribution in [0.4, 0.5) is 0 Å². The molecular formula is C27H22N2O2. The molecule has 0 amide bonds. The van der Waals surface area contributed by atoms with Gasteiger partial charge in [0.2, 0.25) is 5.78 Å². The van der Waals surface area contributed by atoms with Crippen LogP contribution in [-0.2, 0) is 6.54 Å². The first-order valence-electron chi connectivity index (χ1n) is 10.1. The number of carbonyl (C=O) groups is 1. The number of nitriles is 1. The molecule has 0 saturated heterocycles. The van der Waals surface area contributed by atoms with Gasteiger partial charge in [-0.2, -0.15) is 5.26 Å². The molecule has 0 aliphatic carbocycles. The standard InChI is InChI=1S/C27H22N2O2/c1-3-29-24-15-8-7-14-23(24)25(26(29)20-11-5-4-6-12-20)27(30)21(18-28)16-19-10-9-13-22(17-19)31-2/h4-17H,3H2,1-2H3/b21-16+. The van der Waals surface area contributed by atoms with Crippen molar-refractivity contribution in [3.63, 3.8) is 0 Å². The summed E-state index contributed by atoms with van der Waals surface area (Å²) >= 11 is 0. The van der Waals surface area contributed by atoms with Gasteiger partial charge in [0.15, 0.2) is 0 Å². The number of methoxy groups -OCH3 is 1. The van der Waals surface area contributed by atoms with Gasteiger partial charge in [-0.1, -0.05) is 60.7 Å². The number of fused-ring (bicyclic) bond motifs is 1. The van der Waals surface area contributed by atoms with Crippen molar-refractivity contribution in [3.8, 4) is 23.1 Å². The Morgan fingerprint density at radius 2 is 1.77 bits per heavy atom. The average Bonchev–Trinajstić information content (AvgIpc) is 3.17. The molecule has 0 bridgehead atoms. The molecule has 31 heavy (non-hydrogen) atoms. The van der Waals surface area contributed by atoms with E-state index in [2.05, 4.69) is 17.6 Å². The zero-order valence-corrected chi connectivity index (χ0v) is 17.5. The van der Waals surface area contributed by atoms with Crippen molar-refractivity contribution in [2.75, 3.05) is 7.11 Å². The molecule has 0 N–H and O–H groups in total. The molecule has 0 aliphatic heterocycles. The summed E-state index contributed by atoms with van der Waals surface area (Å²) in [6.07, 6.45) is 1.62. The maximum absolute atomic E-state index is 13.7. The van der Waals surface area contributed by atoms with E-state index in [0.29, 0.717) is 17.9 Å². The summed E-state index contributed by atoms with van der Waals surface area (Å²) in [6, 6.07) is 27.1. The summed E-state index contributed by atoms with van der Waals surface area (Å²) in [4.78, 5) is 13.7. The van der Waals surface area contributed by atoms with Crippen LogP contribution in [0.5, 0.6) is 5.75 Å². The third-order valence-corrected chi connectivity index (χ3v) is 5.33. The van der Waals surface area contributed by atoms with Crippen molar-refractivity contribution >= 4 is 22.8 Å². The lowest BCUT2D eigenvalue weighted by Gasteiger charge is -2.10. The lowest BCUT2D eigenvalue weighted by atomic mass is 9.96. The Labute approximate surface area is 181 Å². The number of aryl methyl sites for hydroxylation is 1. The predicted molar refractivity (Wildman–Crippen MR) is 124 cm³/mol. The van der Waals surface area contributed by atoms with Crippen LogP contribution in [0.1, 0.15) is 22.8 Å². The van der Waals surface area contributed by atoms with Crippen molar-refractivity contribution in [1.29, 1.82) is 5.26 Å². The van der Waals surface area contributed by atoms with Crippen molar-refractivity contribution in [2.45, 2.75) is 13.5 Å². The lowest BCUT2D eigenvalue weighted by molar-refractivity contribution is 0.104. The van der Waals surface area contributed by atoms with Crippen LogP contribution in [0.3, 0.4) is 0 Å². The van der Waals surface area contributed by atoms with E-state index in [1.54, 1.807) is 19.3 Å². The van der Waals surface area contributed by atoms with Gasteiger partial charge in [-0.15, -0.1) is 0 Å². The summed E-state index contributed by atoms with van der Waals surface area (Å²) in [6.45, 7) is 2.77. The second-order valence-electron chi connectivity index (χ2n) is 7.13. The lowest BCUT2D eigenvalue weighted by Crippen LogP contribution is -2.05. The molecule has 0 fully saturated rings. The first-order chi connectivity index (χ1) is 15.2.